The molecule has 1 aromatic rings. The number of carbonyl (C=O) groups is 1. The summed E-state index contributed by atoms with van der Waals surface area (Å²) in [6.07, 6.45) is 0. The standard InChI is InChI=1S/C11H13F2NO2/c1-2-14(5-6-15)11(16)9-4-3-8(12)7-10(9)13/h3-4,7,15H,2,5-6H2,1H3. The molecular weight excluding hydrogens is 216 g/mol. The largest absolute Gasteiger partial charge is 0.395 e. The molecule has 0 unspecified atom stereocenters. The molecule has 16 heavy (non-hydrogen) atoms. The topological polar surface area (TPSA) is 40.5 Å². The van der Waals surface area contributed by atoms with Crippen LogP contribution in [0.3, 0.4) is 0 Å². The molecule has 88 valence electrons. The van der Waals surface area contributed by atoms with Crippen molar-refractivity contribution in [3.8, 4) is 0 Å². The molecule has 0 bridgehead atoms. The summed E-state index contributed by atoms with van der Waals surface area (Å²) in [6.45, 7) is 2.01. The first kappa shape index (κ1) is 12.6. The van der Waals surface area contributed by atoms with Gasteiger partial charge in [-0.1, -0.05) is 0 Å². The number of aliphatic hydroxyl groups excluding tert-OH is 1. The molecule has 1 N–H and O–H groups in total. The lowest BCUT2D eigenvalue weighted by Crippen LogP contribution is -2.33. The Labute approximate surface area is 92.3 Å². The van der Waals surface area contributed by atoms with Gasteiger partial charge in [-0.3, -0.25) is 4.79 Å². The second kappa shape index (κ2) is 5.55. The van der Waals surface area contributed by atoms with Gasteiger partial charge < -0.3 is 10.0 Å². The average Bonchev–Trinajstić information content (AvgIpc) is 2.25. The second-order valence-electron chi connectivity index (χ2n) is 3.23. The van der Waals surface area contributed by atoms with Crippen LogP contribution >= 0.6 is 0 Å². The Balaban J connectivity index is 2.94. The molecule has 1 aromatic carbocycles. The third kappa shape index (κ3) is 2.76. The zero-order chi connectivity index (χ0) is 12.1. The minimum absolute atomic E-state index is 0.131. The van der Waals surface area contributed by atoms with Crippen molar-refractivity contribution in [2.75, 3.05) is 19.7 Å². The lowest BCUT2D eigenvalue weighted by molar-refractivity contribution is 0.0727. The number of aliphatic hydroxyl groups is 1. The van der Waals surface area contributed by atoms with E-state index in [2.05, 4.69) is 0 Å². The molecule has 5 heteroatoms. The predicted octanol–water partition coefficient (Wildman–Crippen LogP) is 1.42. The van der Waals surface area contributed by atoms with Crippen molar-refractivity contribution >= 4 is 5.91 Å². The van der Waals surface area contributed by atoms with Crippen LogP contribution in [0.2, 0.25) is 0 Å². The highest BCUT2D eigenvalue weighted by molar-refractivity contribution is 5.94. The number of hydrogen-bond donors (Lipinski definition) is 1. The summed E-state index contributed by atoms with van der Waals surface area (Å²) in [5, 5.41) is 8.73. The van der Waals surface area contributed by atoms with Gasteiger partial charge >= 0.3 is 0 Å². The van der Waals surface area contributed by atoms with Gasteiger partial charge in [0.05, 0.1) is 12.2 Å². The summed E-state index contributed by atoms with van der Waals surface area (Å²) >= 11 is 0. The number of halogens is 2. The van der Waals surface area contributed by atoms with Crippen LogP contribution in [0, 0.1) is 11.6 Å². The van der Waals surface area contributed by atoms with Crippen LogP contribution in [0.5, 0.6) is 0 Å². The first-order valence-corrected chi connectivity index (χ1v) is 4.95. The number of rotatable bonds is 4. The Morgan fingerprint density at radius 2 is 2.12 bits per heavy atom. The van der Waals surface area contributed by atoms with Crippen molar-refractivity contribution in [2.24, 2.45) is 0 Å². The van der Waals surface area contributed by atoms with Gasteiger partial charge in [0.25, 0.3) is 5.91 Å². The summed E-state index contributed by atoms with van der Waals surface area (Å²) in [4.78, 5) is 13.0. The van der Waals surface area contributed by atoms with Gasteiger partial charge in [0.15, 0.2) is 0 Å². The summed E-state index contributed by atoms with van der Waals surface area (Å²) in [5.74, 6) is -2.16. The molecule has 0 aromatic heterocycles. The quantitative estimate of drug-likeness (QED) is 0.848. The number of likely N-dealkylation sites (N-methyl/N-ethyl adjacent to an activating group) is 1. The summed E-state index contributed by atoms with van der Waals surface area (Å²) < 4.78 is 25.9. The Kier molecular flexibility index (Phi) is 4.37. The van der Waals surface area contributed by atoms with E-state index in [-0.39, 0.29) is 18.7 Å². The fourth-order valence-corrected chi connectivity index (χ4v) is 1.36. The van der Waals surface area contributed by atoms with Crippen LogP contribution in [-0.4, -0.2) is 35.6 Å². The third-order valence-corrected chi connectivity index (χ3v) is 2.20. The molecule has 0 heterocycles. The lowest BCUT2D eigenvalue weighted by Gasteiger charge is -2.19. The molecule has 0 aliphatic rings. The monoisotopic (exact) mass is 229 g/mol. The van der Waals surface area contributed by atoms with Crippen LogP contribution < -0.4 is 0 Å². The molecule has 0 saturated carbocycles. The Morgan fingerprint density at radius 1 is 1.44 bits per heavy atom. The lowest BCUT2D eigenvalue weighted by atomic mass is 10.2. The van der Waals surface area contributed by atoms with Crippen molar-refractivity contribution in [1.29, 1.82) is 0 Å². The van der Waals surface area contributed by atoms with E-state index in [4.69, 9.17) is 5.11 Å². The van der Waals surface area contributed by atoms with Gasteiger partial charge in [-0.15, -0.1) is 0 Å². The number of nitrogens with zero attached hydrogens (tertiary/aromatic N) is 1. The van der Waals surface area contributed by atoms with E-state index in [0.29, 0.717) is 12.6 Å². The highest BCUT2D eigenvalue weighted by Crippen LogP contribution is 2.12. The van der Waals surface area contributed by atoms with Crippen molar-refractivity contribution in [3.05, 3.63) is 35.4 Å². The number of hydrogen-bond acceptors (Lipinski definition) is 2. The first-order chi connectivity index (χ1) is 7.60. The van der Waals surface area contributed by atoms with Crippen molar-refractivity contribution in [3.63, 3.8) is 0 Å². The highest BCUT2D eigenvalue weighted by atomic mass is 19.1. The van der Waals surface area contributed by atoms with E-state index in [9.17, 15) is 13.6 Å². The first-order valence-electron chi connectivity index (χ1n) is 4.95. The molecule has 1 amide bonds. The van der Waals surface area contributed by atoms with E-state index >= 15 is 0 Å². The van der Waals surface area contributed by atoms with Gasteiger partial charge in [-0.25, -0.2) is 8.78 Å². The maximum Gasteiger partial charge on any atom is 0.256 e. The Bertz CT molecular complexity index is 382. The zero-order valence-electron chi connectivity index (χ0n) is 8.91. The maximum absolute atomic E-state index is 13.3. The van der Waals surface area contributed by atoms with Crippen LogP contribution in [0.1, 0.15) is 17.3 Å². The predicted molar refractivity (Wildman–Crippen MR) is 55.0 cm³/mol. The van der Waals surface area contributed by atoms with Crippen molar-refractivity contribution in [2.45, 2.75) is 6.92 Å². The summed E-state index contributed by atoms with van der Waals surface area (Å²) in [7, 11) is 0. The van der Waals surface area contributed by atoms with Gasteiger partial charge in [0, 0.05) is 19.2 Å². The SMILES string of the molecule is CCN(CCO)C(=O)c1ccc(F)cc1F. The molecule has 0 fully saturated rings. The normalized spacial score (nSPS) is 10.2. The number of benzene rings is 1. The molecule has 0 radical (unpaired) electrons. The summed E-state index contributed by atoms with van der Waals surface area (Å²) in [5.41, 5.74) is -0.184. The molecule has 3 nitrogen and oxygen atoms in total. The van der Waals surface area contributed by atoms with Crippen LogP contribution in [-0.2, 0) is 0 Å². The van der Waals surface area contributed by atoms with Gasteiger partial charge in [0.2, 0.25) is 0 Å². The van der Waals surface area contributed by atoms with Crippen molar-refractivity contribution < 1.29 is 18.7 Å². The fourth-order valence-electron chi connectivity index (χ4n) is 1.36. The smallest absolute Gasteiger partial charge is 0.256 e. The van der Waals surface area contributed by atoms with Crippen molar-refractivity contribution in [1.82, 2.24) is 4.90 Å². The van der Waals surface area contributed by atoms with E-state index in [1.807, 2.05) is 0 Å². The molecule has 0 aliphatic heterocycles. The van der Waals surface area contributed by atoms with Gasteiger partial charge in [-0.05, 0) is 19.1 Å². The van der Waals surface area contributed by atoms with Crippen LogP contribution in [0.4, 0.5) is 8.78 Å². The van der Waals surface area contributed by atoms with Crippen LogP contribution in [0.15, 0.2) is 18.2 Å². The highest BCUT2D eigenvalue weighted by Gasteiger charge is 2.17. The Hall–Kier alpha value is -1.49. The zero-order valence-corrected chi connectivity index (χ0v) is 8.91. The number of amides is 1. The van der Waals surface area contributed by atoms with E-state index in [0.717, 1.165) is 12.1 Å². The molecular formula is C11H13F2NO2. The minimum Gasteiger partial charge on any atom is -0.395 e. The molecule has 0 atom stereocenters. The Morgan fingerprint density at radius 3 is 2.62 bits per heavy atom. The molecule has 1 rings (SSSR count). The average molecular weight is 229 g/mol. The van der Waals surface area contributed by atoms with E-state index < -0.39 is 17.5 Å². The van der Waals surface area contributed by atoms with Gasteiger partial charge in [0.1, 0.15) is 11.6 Å². The second-order valence-corrected chi connectivity index (χ2v) is 3.23. The molecule has 0 saturated heterocycles. The van der Waals surface area contributed by atoms with E-state index in [1.54, 1.807) is 6.92 Å². The number of carbonyl (C=O) groups excluding carboxylic acids is 1. The maximum atomic E-state index is 13.3. The fraction of sp³-hybridized carbons (Fsp3) is 0.364. The molecule has 0 spiro atoms. The van der Waals surface area contributed by atoms with Gasteiger partial charge in [-0.2, -0.15) is 0 Å². The third-order valence-electron chi connectivity index (χ3n) is 2.20. The summed E-state index contributed by atoms with van der Waals surface area (Å²) in [6, 6.07) is 2.80. The molecule has 0 aliphatic carbocycles. The minimum atomic E-state index is -0.888. The van der Waals surface area contributed by atoms with E-state index in [1.165, 1.54) is 4.90 Å². The van der Waals surface area contributed by atoms with Crippen LogP contribution in [0.25, 0.3) is 0 Å².